The highest BCUT2D eigenvalue weighted by atomic mass is 16.4. The monoisotopic (exact) mass is 497 g/mol. The summed E-state index contributed by atoms with van der Waals surface area (Å²) in [4.78, 5) is 16.6. The summed E-state index contributed by atoms with van der Waals surface area (Å²) in [6.07, 6.45) is 9.56. The van der Waals surface area contributed by atoms with E-state index in [1.165, 1.54) is 37.7 Å². The van der Waals surface area contributed by atoms with E-state index in [-0.39, 0.29) is 0 Å². The number of carboxylic acids is 1. The second kappa shape index (κ2) is 13.1. The first-order valence-electron chi connectivity index (χ1n) is 13.8. The lowest BCUT2D eigenvalue weighted by atomic mass is 9.99. The van der Waals surface area contributed by atoms with E-state index in [0.717, 1.165) is 66.0 Å². The van der Waals surface area contributed by atoms with Crippen LogP contribution in [-0.4, -0.2) is 27.2 Å². The van der Waals surface area contributed by atoms with E-state index in [1.807, 2.05) is 24.3 Å². The molecule has 0 radical (unpaired) electrons. The number of anilines is 1. The van der Waals surface area contributed by atoms with Crippen molar-refractivity contribution in [1.82, 2.24) is 9.55 Å². The molecule has 0 fully saturated rings. The van der Waals surface area contributed by atoms with Gasteiger partial charge in [-0.3, -0.25) is 0 Å². The van der Waals surface area contributed by atoms with E-state index in [2.05, 4.69) is 54.1 Å². The molecule has 0 aliphatic carbocycles. The summed E-state index contributed by atoms with van der Waals surface area (Å²) in [5, 5.41) is 13.2. The Balaban J connectivity index is 1.56. The van der Waals surface area contributed by atoms with Crippen LogP contribution in [0.25, 0.3) is 22.2 Å². The Hall–Kier alpha value is -3.60. The van der Waals surface area contributed by atoms with Crippen LogP contribution in [0, 0.1) is 0 Å². The third kappa shape index (κ3) is 6.79. The van der Waals surface area contributed by atoms with Crippen LogP contribution >= 0.6 is 0 Å². The third-order valence-corrected chi connectivity index (χ3v) is 6.95. The third-order valence-electron chi connectivity index (χ3n) is 6.95. The number of aryl methyl sites for hydroxylation is 1. The number of hydrogen-bond donors (Lipinski definition) is 2. The van der Waals surface area contributed by atoms with E-state index in [9.17, 15) is 9.90 Å². The molecule has 0 atom stereocenters. The quantitative estimate of drug-likeness (QED) is 0.172. The van der Waals surface area contributed by atoms with Crippen molar-refractivity contribution >= 4 is 22.7 Å². The Morgan fingerprint density at radius 2 is 1.65 bits per heavy atom. The van der Waals surface area contributed by atoms with E-state index < -0.39 is 5.97 Å². The number of rotatable bonds is 14. The molecule has 194 valence electrons. The van der Waals surface area contributed by atoms with Crippen molar-refractivity contribution in [2.24, 2.45) is 0 Å². The average Bonchev–Trinajstić information content (AvgIpc) is 3.26. The minimum absolute atomic E-state index is 0.322. The lowest BCUT2D eigenvalue weighted by molar-refractivity contribution is 0.0697. The number of aromatic carboxylic acids is 1. The van der Waals surface area contributed by atoms with Gasteiger partial charge < -0.3 is 15.0 Å². The molecule has 3 aromatic carbocycles. The largest absolute Gasteiger partial charge is 0.478 e. The van der Waals surface area contributed by atoms with E-state index in [4.69, 9.17) is 4.98 Å². The van der Waals surface area contributed by atoms with E-state index in [0.29, 0.717) is 5.56 Å². The number of carboxylic acid groups (broad SMARTS) is 1. The lowest BCUT2D eigenvalue weighted by Crippen LogP contribution is -2.06. The van der Waals surface area contributed by atoms with Gasteiger partial charge in [-0.1, -0.05) is 88.4 Å². The summed E-state index contributed by atoms with van der Waals surface area (Å²) in [5.74, 6) is 0.212. The van der Waals surface area contributed by atoms with Gasteiger partial charge in [-0.2, -0.15) is 0 Å². The molecule has 0 bridgehead atoms. The molecule has 0 aliphatic rings. The highest BCUT2D eigenvalue weighted by Gasteiger charge is 2.14. The van der Waals surface area contributed by atoms with Gasteiger partial charge in [0.2, 0.25) is 0 Å². The standard InChI is InChI=1S/C32H39N3O2/c1-3-5-7-8-11-21-33-26-19-20-29-30(22-26)35(31(34-29)14-6-4-2)23-24-15-17-25(18-16-24)27-12-9-10-13-28(27)32(36)37/h9-10,12-13,15-20,22,33H,3-8,11,14,21,23H2,1-2H3,(H,36,37). The van der Waals surface area contributed by atoms with Crippen LogP contribution in [0.3, 0.4) is 0 Å². The van der Waals surface area contributed by atoms with Gasteiger partial charge in [0, 0.05) is 25.2 Å². The number of aromatic nitrogens is 2. The number of benzene rings is 3. The molecule has 0 aliphatic heterocycles. The Labute approximate surface area is 220 Å². The smallest absolute Gasteiger partial charge is 0.336 e. The normalized spacial score (nSPS) is 11.2. The van der Waals surface area contributed by atoms with Crippen molar-refractivity contribution in [1.29, 1.82) is 0 Å². The van der Waals surface area contributed by atoms with Gasteiger partial charge in [-0.05, 0) is 53.8 Å². The van der Waals surface area contributed by atoms with E-state index in [1.54, 1.807) is 12.1 Å². The minimum atomic E-state index is -0.907. The maximum atomic E-state index is 11.7. The fourth-order valence-corrected chi connectivity index (χ4v) is 4.84. The average molecular weight is 498 g/mol. The van der Waals surface area contributed by atoms with Crippen molar-refractivity contribution < 1.29 is 9.90 Å². The van der Waals surface area contributed by atoms with Crippen LogP contribution in [0.1, 0.15) is 80.5 Å². The number of nitrogens with zero attached hydrogens (tertiary/aromatic N) is 2. The molecule has 0 saturated carbocycles. The molecule has 0 unspecified atom stereocenters. The lowest BCUT2D eigenvalue weighted by Gasteiger charge is -2.12. The molecule has 0 amide bonds. The van der Waals surface area contributed by atoms with Crippen LogP contribution in [0.15, 0.2) is 66.7 Å². The van der Waals surface area contributed by atoms with Crippen molar-refractivity contribution in [2.75, 3.05) is 11.9 Å². The number of nitrogens with one attached hydrogen (secondary N) is 1. The van der Waals surface area contributed by atoms with Crippen LogP contribution < -0.4 is 5.32 Å². The summed E-state index contributed by atoms with van der Waals surface area (Å²) in [6, 6.07) is 21.9. The maximum Gasteiger partial charge on any atom is 0.336 e. The van der Waals surface area contributed by atoms with Crippen molar-refractivity contribution in [3.05, 3.63) is 83.7 Å². The van der Waals surface area contributed by atoms with Crippen molar-refractivity contribution in [2.45, 2.75) is 71.8 Å². The van der Waals surface area contributed by atoms with Gasteiger partial charge in [0.1, 0.15) is 5.82 Å². The summed E-state index contributed by atoms with van der Waals surface area (Å²) < 4.78 is 2.34. The Morgan fingerprint density at radius 1 is 0.892 bits per heavy atom. The minimum Gasteiger partial charge on any atom is -0.478 e. The zero-order valence-corrected chi connectivity index (χ0v) is 22.2. The molecule has 2 N–H and O–H groups in total. The second-order valence-electron chi connectivity index (χ2n) is 9.81. The molecule has 0 spiro atoms. The zero-order valence-electron chi connectivity index (χ0n) is 22.2. The maximum absolute atomic E-state index is 11.7. The Bertz CT molecular complexity index is 1310. The summed E-state index contributed by atoms with van der Waals surface area (Å²) >= 11 is 0. The van der Waals surface area contributed by atoms with Gasteiger partial charge >= 0.3 is 5.97 Å². The summed E-state index contributed by atoms with van der Waals surface area (Å²) in [7, 11) is 0. The highest BCUT2D eigenvalue weighted by Crippen LogP contribution is 2.26. The van der Waals surface area contributed by atoms with E-state index >= 15 is 0 Å². The number of imidazole rings is 1. The molecule has 0 saturated heterocycles. The van der Waals surface area contributed by atoms with Gasteiger partial charge in [0.05, 0.1) is 16.6 Å². The van der Waals surface area contributed by atoms with Crippen molar-refractivity contribution in [3.63, 3.8) is 0 Å². The van der Waals surface area contributed by atoms with Crippen LogP contribution in [0.2, 0.25) is 0 Å². The number of unbranched alkanes of at least 4 members (excludes halogenated alkanes) is 5. The topological polar surface area (TPSA) is 67.2 Å². The Kier molecular flexibility index (Phi) is 9.36. The predicted octanol–water partition coefficient (Wildman–Crippen LogP) is 8.17. The molecule has 37 heavy (non-hydrogen) atoms. The first-order valence-corrected chi connectivity index (χ1v) is 13.8. The van der Waals surface area contributed by atoms with Crippen LogP contribution in [0.5, 0.6) is 0 Å². The molecular formula is C32H39N3O2. The molecule has 5 nitrogen and oxygen atoms in total. The highest BCUT2D eigenvalue weighted by molar-refractivity contribution is 5.96. The fraction of sp³-hybridized carbons (Fsp3) is 0.375. The van der Waals surface area contributed by atoms with Crippen molar-refractivity contribution in [3.8, 4) is 11.1 Å². The Morgan fingerprint density at radius 3 is 2.41 bits per heavy atom. The molecule has 4 rings (SSSR count). The van der Waals surface area contributed by atoms with Gasteiger partial charge in [0.25, 0.3) is 0 Å². The van der Waals surface area contributed by atoms with Gasteiger partial charge in [-0.25, -0.2) is 9.78 Å². The summed E-state index contributed by atoms with van der Waals surface area (Å²) in [6.45, 7) is 6.18. The fourth-order valence-electron chi connectivity index (χ4n) is 4.84. The zero-order chi connectivity index (χ0) is 26.0. The number of fused-ring (bicyclic) bond motifs is 1. The SMILES string of the molecule is CCCCCCCNc1ccc2nc(CCCC)n(Cc3ccc(-c4ccccc4C(=O)O)cc3)c2c1. The number of hydrogen-bond acceptors (Lipinski definition) is 3. The van der Waals surface area contributed by atoms with Crippen LogP contribution in [-0.2, 0) is 13.0 Å². The molecular weight excluding hydrogens is 458 g/mol. The second-order valence-corrected chi connectivity index (χ2v) is 9.81. The predicted molar refractivity (Wildman–Crippen MR) is 154 cm³/mol. The van der Waals surface area contributed by atoms with Gasteiger partial charge in [-0.15, -0.1) is 0 Å². The number of carbonyl (C=O) groups is 1. The first-order chi connectivity index (χ1) is 18.1. The molecule has 1 aromatic heterocycles. The first kappa shape index (κ1) is 26.5. The molecule has 1 heterocycles. The van der Waals surface area contributed by atoms with Crippen LogP contribution in [0.4, 0.5) is 5.69 Å². The van der Waals surface area contributed by atoms with Gasteiger partial charge in [0.15, 0.2) is 0 Å². The molecule has 5 heteroatoms. The summed E-state index contributed by atoms with van der Waals surface area (Å²) in [5.41, 5.74) is 6.48. The molecule has 4 aromatic rings.